The third-order valence-electron chi connectivity index (χ3n) is 3.54. The van der Waals surface area contributed by atoms with Gasteiger partial charge in [-0.25, -0.2) is 9.98 Å². The number of fused-ring (bicyclic) bond motifs is 1. The van der Waals surface area contributed by atoms with E-state index in [4.69, 9.17) is 15.2 Å². The quantitative estimate of drug-likeness (QED) is 0.289. The fourth-order valence-corrected chi connectivity index (χ4v) is 3.05. The summed E-state index contributed by atoms with van der Waals surface area (Å²) in [4.78, 5) is 8.71. The lowest BCUT2D eigenvalue weighted by molar-refractivity contribution is 0.297. The Hall–Kier alpha value is -1.68. The number of ether oxygens (including phenoxy) is 2. The number of benzene rings is 1. The van der Waals surface area contributed by atoms with Crippen LogP contribution < -0.4 is 20.5 Å². The first kappa shape index (κ1) is 20.6. The number of nitrogens with one attached hydrogen (secondary N) is 1. The highest BCUT2D eigenvalue weighted by atomic mass is 127. The molecule has 140 valence electrons. The van der Waals surface area contributed by atoms with E-state index in [9.17, 15) is 0 Å². The van der Waals surface area contributed by atoms with Crippen molar-refractivity contribution in [2.24, 2.45) is 10.7 Å². The summed E-state index contributed by atoms with van der Waals surface area (Å²) in [7, 11) is 0. The van der Waals surface area contributed by atoms with Crippen LogP contribution >= 0.6 is 35.7 Å². The minimum absolute atomic E-state index is 0. The second-order valence-electron chi connectivity index (χ2n) is 5.47. The van der Waals surface area contributed by atoms with Gasteiger partial charge < -0.3 is 20.5 Å². The fourth-order valence-electron chi connectivity index (χ4n) is 2.38. The van der Waals surface area contributed by atoms with Crippen LogP contribution in [0.1, 0.15) is 18.9 Å². The molecule has 8 heteroatoms. The molecule has 1 aliphatic rings. The maximum Gasteiger partial charge on any atom is 0.193 e. The van der Waals surface area contributed by atoms with Crippen molar-refractivity contribution in [1.29, 1.82) is 0 Å². The van der Waals surface area contributed by atoms with Gasteiger partial charge in [-0.3, -0.25) is 0 Å². The number of aliphatic imine (C=N–C) groups is 1. The summed E-state index contributed by atoms with van der Waals surface area (Å²) >= 11 is 1.71. The highest BCUT2D eigenvalue weighted by Crippen LogP contribution is 2.32. The van der Waals surface area contributed by atoms with Gasteiger partial charge >= 0.3 is 0 Å². The van der Waals surface area contributed by atoms with Gasteiger partial charge in [0.1, 0.15) is 0 Å². The van der Waals surface area contributed by atoms with Crippen LogP contribution in [-0.2, 0) is 6.54 Å². The van der Waals surface area contributed by atoms with E-state index in [1.807, 2.05) is 30.3 Å². The van der Waals surface area contributed by atoms with E-state index in [1.54, 1.807) is 18.0 Å². The molecule has 3 N–H and O–H groups in total. The molecule has 0 amide bonds. The van der Waals surface area contributed by atoms with Crippen LogP contribution in [0.25, 0.3) is 0 Å². The molecule has 2 aromatic rings. The molecule has 26 heavy (non-hydrogen) atoms. The molecule has 3 rings (SSSR count). The third-order valence-corrected chi connectivity index (χ3v) is 4.35. The molecule has 0 fully saturated rings. The van der Waals surface area contributed by atoms with Crippen molar-refractivity contribution >= 4 is 47.4 Å². The number of hydrogen-bond acceptors (Lipinski definition) is 5. The second kappa shape index (κ2) is 10.5. The van der Waals surface area contributed by atoms with Crippen molar-refractivity contribution in [1.82, 2.24) is 4.98 Å². The van der Waals surface area contributed by atoms with Crippen molar-refractivity contribution in [3.05, 3.63) is 42.1 Å². The number of nitrogens with two attached hydrogens (primary N) is 1. The zero-order valence-corrected chi connectivity index (χ0v) is 17.8. The van der Waals surface area contributed by atoms with Crippen molar-refractivity contribution in [2.45, 2.75) is 24.9 Å². The Kier molecular flexibility index (Phi) is 8.30. The molecule has 0 saturated carbocycles. The Bertz CT molecular complexity index is 758. The highest BCUT2D eigenvalue weighted by molar-refractivity contribution is 14.0. The van der Waals surface area contributed by atoms with Gasteiger partial charge in [-0.1, -0.05) is 6.92 Å². The van der Waals surface area contributed by atoms with Gasteiger partial charge in [-0.15, -0.1) is 35.7 Å². The number of nitrogens with zero attached hydrogens (tertiary/aromatic N) is 2. The summed E-state index contributed by atoms with van der Waals surface area (Å²) in [6.45, 7) is 3.94. The summed E-state index contributed by atoms with van der Waals surface area (Å²) in [5.41, 5.74) is 7.90. The van der Waals surface area contributed by atoms with E-state index in [0.29, 0.717) is 25.7 Å². The van der Waals surface area contributed by atoms with E-state index in [1.165, 1.54) is 0 Å². The maximum absolute atomic E-state index is 6.00. The molecule has 0 bridgehead atoms. The SMILES string of the molecule is CCSc1cc(CN=C(N)Nc2ccc3c(c2)OCCCO3)ccn1.I. The predicted molar refractivity (Wildman–Crippen MR) is 117 cm³/mol. The lowest BCUT2D eigenvalue weighted by atomic mass is 10.2. The molecule has 0 atom stereocenters. The molecule has 0 spiro atoms. The van der Waals surface area contributed by atoms with Crippen molar-refractivity contribution < 1.29 is 9.47 Å². The number of rotatable bonds is 5. The van der Waals surface area contributed by atoms with Crippen molar-refractivity contribution in [3.63, 3.8) is 0 Å². The number of thioether (sulfide) groups is 1. The molecular formula is C18H23IN4O2S. The monoisotopic (exact) mass is 486 g/mol. The van der Waals surface area contributed by atoms with Crippen molar-refractivity contribution in [3.8, 4) is 11.5 Å². The van der Waals surface area contributed by atoms with Gasteiger partial charge in [-0.2, -0.15) is 0 Å². The molecule has 1 aromatic heterocycles. The average Bonchev–Trinajstić information content (AvgIpc) is 2.86. The van der Waals surface area contributed by atoms with E-state index >= 15 is 0 Å². The molecular weight excluding hydrogens is 463 g/mol. The van der Waals surface area contributed by atoms with Crippen LogP contribution in [0.3, 0.4) is 0 Å². The Balaban J connectivity index is 0.00000243. The first-order chi connectivity index (χ1) is 12.2. The van der Waals surface area contributed by atoms with Crippen LogP contribution in [-0.4, -0.2) is 29.9 Å². The van der Waals surface area contributed by atoms with E-state index in [0.717, 1.165) is 39.9 Å². The normalized spacial score (nSPS) is 13.5. The van der Waals surface area contributed by atoms with Gasteiger partial charge in [0.25, 0.3) is 0 Å². The fraction of sp³-hybridized carbons (Fsp3) is 0.333. The van der Waals surface area contributed by atoms with Gasteiger partial charge in [0.2, 0.25) is 0 Å². The molecule has 1 aliphatic heterocycles. The molecule has 0 aliphatic carbocycles. The van der Waals surface area contributed by atoms with Crippen LogP contribution in [0, 0.1) is 0 Å². The number of pyridine rings is 1. The van der Waals surface area contributed by atoms with E-state index in [2.05, 4.69) is 22.2 Å². The summed E-state index contributed by atoms with van der Waals surface area (Å²) in [6, 6.07) is 9.65. The number of guanidine groups is 1. The second-order valence-corrected chi connectivity index (χ2v) is 6.76. The Morgan fingerprint density at radius 2 is 2.04 bits per heavy atom. The highest BCUT2D eigenvalue weighted by Gasteiger charge is 2.10. The summed E-state index contributed by atoms with van der Waals surface area (Å²) < 4.78 is 11.3. The van der Waals surface area contributed by atoms with Crippen LogP contribution in [0.15, 0.2) is 46.5 Å². The number of halogens is 1. The van der Waals surface area contributed by atoms with Gasteiger partial charge in [0.05, 0.1) is 24.8 Å². The molecule has 0 radical (unpaired) electrons. The zero-order chi connectivity index (χ0) is 17.5. The van der Waals surface area contributed by atoms with Gasteiger partial charge in [-0.05, 0) is 35.6 Å². The van der Waals surface area contributed by atoms with Crippen LogP contribution in [0.2, 0.25) is 0 Å². The lowest BCUT2D eigenvalue weighted by Gasteiger charge is -2.10. The molecule has 0 unspecified atom stereocenters. The van der Waals surface area contributed by atoms with E-state index < -0.39 is 0 Å². The minimum atomic E-state index is 0. The maximum atomic E-state index is 6.00. The predicted octanol–water partition coefficient (Wildman–Crippen LogP) is 3.90. The Labute approximate surface area is 175 Å². The molecule has 1 aromatic carbocycles. The number of anilines is 1. The lowest BCUT2D eigenvalue weighted by Crippen LogP contribution is -2.22. The zero-order valence-electron chi connectivity index (χ0n) is 14.6. The topological polar surface area (TPSA) is 81.8 Å². The minimum Gasteiger partial charge on any atom is -0.490 e. The first-order valence-corrected chi connectivity index (χ1v) is 9.27. The average molecular weight is 486 g/mol. The summed E-state index contributed by atoms with van der Waals surface area (Å²) in [5, 5.41) is 4.10. The van der Waals surface area contributed by atoms with Gasteiger partial charge in [0, 0.05) is 24.4 Å². The smallest absolute Gasteiger partial charge is 0.193 e. The summed E-state index contributed by atoms with van der Waals surface area (Å²) in [6.07, 6.45) is 2.68. The largest absolute Gasteiger partial charge is 0.490 e. The third kappa shape index (κ3) is 5.94. The number of aromatic nitrogens is 1. The molecule has 6 nitrogen and oxygen atoms in total. The molecule has 2 heterocycles. The van der Waals surface area contributed by atoms with Crippen LogP contribution in [0.4, 0.5) is 5.69 Å². The Morgan fingerprint density at radius 1 is 1.23 bits per heavy atom. The van der Waals surface area contributed by atoms with Crippen LogP contribution in [0.5, 0.6) is 11.5 Å². The number of hydrogen-bond donors (Lipinski definition) is 2. The standard InChI is InChI=1S/C18H22N4O2S.HI/c1-2-25-17-10-13(6-7-20-17)12-21-18(19)22-14-4-5-15-16(11-14)24-9-3-8-23-15;/h4-7,10-11H,2-3,8-9,12H2,1H3,(H3,19,21,22);1H. The first-order valence-electron chi connectivity index (χ1n) is 8.29. The molecule has 0 saturated heterocycles. The van der Waals surface area contributed by atoms with Gasteiger partial charge in [0.15, 0.2) is 17.5 Å². The summed E-state index contributed by atoms with van der Waals surface area (Å²) in [5.74, 6) is 2.84. The Morgan fingerprint density at radius 3 is 2.85 bits per heavy atom. The van der Waals surface area contributed by atoms with E-state index in [-0.39, 0.29) is 24.0 Å². The van der Waals surface area contributed by atoms with Crippen molar-refractivity contribution in [2.75, 3.05) is 24.3 Å².